The first-order chi connectivity index (χ1) is 7.70. The SMILES string of the molecule is CCc1cc(NC(=O)c2cncs2)nn1C. The fourth-order valence-electron chi connectivity index (χ4n) is 1.40. The molecule has 0 spiro atoms. The molecule has 0 aromatic carbocycles. The lowest BCUT2D eigenvalue weighted by molar-refractivity contribution is 0.103. The van der Waals surface area contributed by atoms with Crippen molar-refractivity contribution in [2.75, 3.05) is 5.32 Å². The minimum atomic E-state index is -0.164. The van der Waals surface area contributed by atoms with Crippen LogP contribution in [0.1, 0.15) is 22.3 Å². The van der Waals surface area contributed by atoms with Crippen molar-refractivity contribution in [1.29, 1.82) is 0 Å². The number of anilines is 1. The van der Waals surface area contributed by atoms with Gasteiger partial charge in [-0.15, -0.1) is 11.3 Å². The molecule has 5 nitrogen and oxygen atoms in total. The molecule has 0 aliphatic heterocycles. The maximum Gasteiger partial charge on any atom is 0.268 e. The van der Waals surface area contributed by atoms with Crippen molar-refractivity contribution in [3.8, 4) is 0 Å². The topological polar surface area (TPSA) is 59.8 Å². The zero-order chi connectivity index (χ0) is 11.5. The zero-order valence-corrected chi connectivity index (χ0v) is 9.91. The maximum absolute atomic E-state index is 11.7. The van der Waals surface area contributed by atoms with Crippen molar-refractivity contribution in [2.45, 2.75) is 13.3 Å². The second kappa shape index (κ2) is 4.44. The second-order valence-corrected chi connectivity index (χ2v) is 4.20. The van der Waals surface area contributed by atoms with Crippen LogP contribution in [0.25, 0.3) is 0 Å². The number of aryl methyl sites for hydroxylation is 2. The highest BCUT2D eigenvalue weighted by Gasteiger charge is 2.10. The Labute approximate surface area is 97.1 Å². The Morgan fingerprint density at radius 1 is 1.62 bits per heavy atom. The molecule has 1 amide bonds. The van der Waals surface area contributed by atoms with Crippen LogP contribution in [0.3, 0.4) is 0 Å². The highest BCUT2D eigenvalue weighted by molar-refractivity contribution is 7.11. The molecule has 6 heteroatoms. The Hall–Kier alpha value is -1.69. The second-order valence-electron chi connectivity index (χ2n) is 3.32. The maximum atomic E-state index is 11.7. The Balaban J connectivity index is 2.12. The third-order valence-electron chi connectivity index (χ3n) is 2.24. The summed E-state index contributed by atoms with van der Waals surface area (Å²) in [5, 5.41) is 6.94. The highest BCUT2D eigenvalue weighted by Crippen LogP contribution is 2.12. The summed E-state index contributed by atoms with van der Waals surface area (Å²) in [7, 11) is 1.86. The molecule has 16 heavy (non-hydrogen) atoms. The van der Waals surface area contributed by atoms with Gasteiger partial charge in [0.1, 0.15) is 4.88 Å². The van der Waals surface area contributed by atoms with Gasteiger partial charge < -0.3 is 5.32 Å². The number of nitrogens with one attached hydrogen (secondary N) is 1. The third-order valence-corrected chi connectivity index (χ3v) is 3.01. The number of carbonyl (C=O) groups excluding carboxylic acids is 1. The van der Waals surface area contributed by atoms with E-state index in [1.54, 1.807) is 16.4 Å². The van der Waals surface area contributed by atoms with Gasteiger partial charge in [0.2, 0.25) is 0 Å². The van der Waals surface area contributed by atoms with E-state index in [0.29, 0.717) is 10.7 Å². The van der Waals surface area contributed by atoms with Crippen LogP contribution in [-0.2, 0) is 13.5 Å². The van der Waals surface area contributed by atoms with Crippen molar-refractivity contribution in [1.82, 2.24) is 14.8 Å². The molecule has 0 unspecified atom stereocenters. The standard InChI is InChI=1S/C10H12N4OS/c1-3-7-4-9(13-14(7)2)12-10(15)8-5-11-6-16-8/h4-6H,3H2,1-2H3,(H,12,13,15). The minimum Gasteiger partial charge on any atom is -0.304 e. The van der Waals surface area contributed by atoms with E-state index in [1.165, 1.54) is 11.3 Å². The molecule has 0 saturated heterocycles. The quantitative estimate of drug-likeness (QED) is 0.882. The van der Waals surface area contributed by atoms with E-state index >= 15 is 0 Å². The lowest BCUT2D eigenvalue weighted by atomic mass is 10.3. The fraction of sp³-hybridized carbons (Fsp3) is 0.300. The van der Waals surface area contributed by atoms with E-state index in [4.69, 9.17) is 0 Å². The molecular weight excluding hydrogens is 224 g/mol. The normalized spacial score (nSPS) is 10.4. The number of rotatable bonds is 3. The number of carbonyl (C=O) groups is 1. The predicted octanol–water partition coefficient (Wildman–Crippen LogP) is 1.69. The number of amides is 1. The first-order valence-electron chi connectivity index (χ1n) is 4.93. The summed E-state index contributed by atoms with van der Waals surface area (Å²) in [6.07, 6.45) is 2.43. The molecule has 0 fully saturated rings. The van der Waals surface area contributed by atoms with Crippen LogP contribution in [0.5, 0.6) is 0 Å². The molecule has 0 atom stereocenters. The lowest BCUT2D eigenvalue weighted by Gasteiger charge is -1.97. The molecule has 0 aliphatic rings. The molecule has 0 saturated carbocycles. The molecule has 0 aliphatic carbocycles. The van der Waals surface area contributed by atoms with Gasteiger partial charge in [0.15, 0.2) is 5.82 Å². The van der Waals surface area contributed by atoms with Gasteiger partial charge in [0.05, 0.1) is 11.7 Å². The van der Waals surface area contributed by atoms with Gasteiger partial charge in [-0.25, -0.2) is 0 Å². The van der Waals surface area contributed by atoms with E-state index in [2.05, 4.69) is 15.4 Å². The average Bonchev–Trinajstić information content (AvgIpc) is 2.87. The Morgan fingerprint density at radius 3 is 3.00 bits per heavy atom. The first-order valence-corrected chi connectivity index (χ1v) is 5.81. The molecule has 1 N–H and O–H groups in total. The van der Waals surface area contributed by atoms with Crippen LogP contribution in [-0.4, -0.2) is 20.7 Å². The zero-order valence-electron chi connectivity index (χ0n) is 9.10. The number of hydrogen-bond acceptors (Lipinski definition) is 4. The molecule has 0 radical (unpaired) electrons. The molecule has 2 aromatic rings. The van der Waals surface area contributed by atoms with Crippen LogP contribution in [0.15, 0.2) is 17.8 Å². The Bertz CT molecular complexity index is 489. The van der Waals surface area contributed by atoms with E-state index in [9.17, 15) is 4.79 Å². The molecular formula is C10H12N4OS. The third kappa shape index (κ3) is 2.11. The van der Waals surface area contributed by atoms with Crippen molar-refractivity contribution in [3.63, 3.8) is 0 Å². The van der Waals surface area contributed by atoms with E-state index in [1.807, 2.05) is 20.0 Å². The van der Waals surface area contributed by atoms with Gasteiger partial charge in [-0.05, 0) is 6.42 Å². The van der Waals surface area contributed by atoms with Crippen molar-refractivity contribution < 1.29 is 4.79 Å². The fourth-order valence-corrected chi connectivity index (χ4v) is 1.92. The monoisotopic (exact) mass is 236 g/mol. The van der Waals surface area contributed by atoms with Crippen LogP contribution in [0, 0.1) is 0 Å². The highest BCUT2D eigenvalue weighted by atomic mass is 32.1. The van der Waals surface area contributed by atoms with Crippen molar-refractivity contribution in [3.05, 3.63) is 28.3 Å². The number of hydrogen-bond donors (Lipinski definition) is 1. The van der Waals surface area contributed by atoms with E-state index in [-0.39, 0.29) is 5.91 Å². The van der Waals surface area contributed by atoms with Crippen LogP contribution in [0.2, 0.25) is 0 Å². The molecule has 2 rings (SSSR count). The van der Waals surface area contributed by atoms with Crippen LogP contribution < -0.4 is 5.32 Å². The summed E-state index contributed by atoms with van der Waals surface area (Å²) in [6, 6.07) is 1.87. The van der Waals surface area contributed by atoms with Crippen LogP contribution >= 0.6 is 11.3 Å². The predicted molar refractivity (Wildman–Crippen MR) is 62.7 cm³/mol. The van der Waals surface area contributed by atoms with Crippen molar-refractivity contribution in [2.24, 2.45) is 7.05 Å². The summed E-state index contributed by atoms with van der Waals surface area (Å²) in [5.41, 5.74) is 2.71. The molecule has 0 bridgehead atoms. The van der Waals surface area contributed by atoms with E-state index < -0.39 is 0 Å². The summed E-state index contributed by atoms with van der Waals surface area (Å²) in [6.45, 7) is 2.05. The van der Waals surface area contributed by atoms with Gasteiger partial charge in [-0.1, -0.05) is 6.92 Å². The number of aromatic nitrogens is 3. The van der Waals surface area contributed by atoms with Crippen LogP contribution in [0.4, 0.5) is 5.82 Å². The Kier molecular flexibility index (Phi) is 3.00. The molecule has 84 valence electrons. The average molecular weight is 236 g/mol. The molecule has 2 heterocycles. The summed E-state index contributed by atoms with van der Waals surface area (Å²) in [5.74, 6) is 0.418. The van der Waals surface area contributed by atoms with Gasteiger partial charge in [0.25, 0.3) is 5.91 Å². The smallest absolute Gasteiger partial charge is 0.268 e. The largest absolute Gasteiger partial charge is 0.304 e. The molecule has 2 aromatic heterocycles. The van der Waals surface area contributed by atoms with Gasteiger partial charge in [-0.3, -0.25) is 14.5 Å². The van der Waals surface area contributed by atoms with Crippen molar-refractivity contribution >= 4 is 23.1 Å². The van der Waals surface area contributed by atoms with E-state index in [0.717, 1.165) is 12.1 Å². The summed E-state index contributed by atoms with van der Waals surface area (Å²) >= 11 is 1.31. The first kappa shape index (κ1) is 10.8. The summed E-state index contributed by atoms with van der Waals surface area (Å²) < 4.78 is 1.77. The Morgan fingerprint density at radius 2 is 2.44 bits per heavy atom. The lowest BCUT2D eigenvalue weighted by Crippen LogP contribution is -2.10. The number of nitrogens with zero attached hydrogens (tertiary/aromatic N) is 3. The minimum absolute atomic E-state index is 0.164. The van der Waals surface area contributed by atoms with Gasteiger partial charge >= 0.3 is 0 Å². The van der Waals surface area contributed by atoms with Gasteiger partial charge in [0, 0.05) is 18.8 Å². The van der Waals surface area contributed by atoms with Gasteiger partial charge in [-0.2, -0.15) is 5.10 Å². The number of thiazole rings is 1. The summed E-state index contributed by atoms with van der Waals surface area (Å²) in [4.78, 5) is 16.1.